The van der Waals surface area contributed by atoms with E-state index in [1.807, 2.05) is 24.3 Å². The van der Waals surface area contributed by atoms with Crippen LogP contribution in [0.3, 0.4) is 0 Å². The second-order valence-corrected chi connectivity index (χ2v) is 8.85. The first-order chi connectivity index (χ1) is 12.8. The monoisotopic (exact) mass is 391 g/mol. The first kappa shape index (κ1) is 19.6. The SMILES string of the molecule is CN(C)C(=O)c1cc(S(=O)(=O)N(CCO)C2CCc3ccccc32)cn1C. The Labute approximate surface area is 159 Å². The number of aryl methyl sites for hydroxylation is 2. The molecule has 0 saturated carbocycles. The lowest BCUT2D eigenvalue weighted by Gasteiger charge is -2.27. The van der Waals surface area contributed by atoms with Crippen LogP contribution in [0.4, 0.5) is 0 Å². The highest BCUT2D eigenvalue weighted by Crippen LogP contribution is 2.38. The molecule has 0 bridgehead atoms. The maximum Gasteiger partial charge on any atom is 0.269 e. The lowest BCUT2D eigenvalue weighted by atomic mass is 10.1. The van der Waals surface area contributed by atoms with Crippen molar-refractivity contribution in [2.75, 3.05) is 27.2 Å². The number of carbonyl (C=O) groups excluding carboxylic acids is 1. The van der Waals surface area contributed by atoms with E-state index < -0.39 is 10.0 Å². The third-order valence-electron chi connectivity index (χ3n) is 4.98. The number of rotatable bonds is 6. The van der Waals surface area contributed by atoms with Crippen molar-refractivity contribution in [3.63, 3.8) is 0 Å². The molecule has 1 unspecified atom stereocenters. The molecular formula is C19H25N3O4S. The van der Waals surface area contributed by atoms with Crippen LogP contribution in [-0.2, 0) is 23.5 Å². The Morgan fingerprint density at radius 3 is 2.67 bits per heavy atom. The first-order valence-corrected chi connectivity index (χ1v) is 10.3. The number of fused-ring (bicyclic) bond motifs is 1. The van der Waals surface area contributed by atoms with Gasteiger partial charge in [0.05, 0.1) is 12.6 Å². The maximum absolute atomic E-state index is 13.4. The fraction of sp³-hybridized carbons (Fsp3) is 0.421. The molecule has 2 aromatic rings. The van der Waals surface area contributed by atoms with Crippen LogP contribution in [0.1, 0.15) is 34.1 Å². The van der Waals surface area contributed by atoms with Gasteiger partial charge in [0.2, 0.25) is 10.0 Å². The summed E-state index contributed by atoms with van der Waals surface area (Å²) in [4.78, 5) is 13.7. The molecule has 0 aliphatic heterocycles. The molecule has 0 radical (unpaired) electrons. The molecule has 0 spiro atoms. The van der Waals surface area contributed by atoms with Gasteiger partial charge in [-0.15, -0.1) is 0 Å². The van der Waals surface area contributed by atoms with E-state index in [4.69, 9.17) is 0 Å². The van der Waals surface area contributed by atoms with E-state index in [0.29, 0.717) is 12.1 Å². The Morgan fingerprint density at radius 1 is 1.30 bits per heavy atom. The van der Waals surface area contributed by atoms with Crippen LogP contribution >= 0.6 is 0 Å². The number of carbonyl (C=O) groups is 1. The van der Waals surface area contributed by atoms with Gasteiger partial charge in [-0.05, 0) is 30.0 Å². The molecule has 1 heterocycles. The van der Waals surface area contributed by atoms with Crippen molar-refractivity contribution in [2.24, 2.45) is 7.05 Å². The molecule has 1 aromatic carbocycles. The van der Waals surface area contributed by atoms with Crippen molar-refractivity contribution < 1.29 is 18.3 Å². The summed E-state index contributed by atoms with van der Waals surface area (Å²) in [6.07, 6.45) is 2.93. The molecule has 27 heavy (non-hydrogen) atoms. The maximum atomic E-state index is 13.4. The largest absolute Gasteiger partial charge is 0.395 e. The van der Waals surface area contributed by atoms with Crippen molar-refractivity contribution in [3.8, 4) is 0 Å². The molecule has 1 amide bonds. The summed E-state index contributed by atoms with van der Waals surface area (Å²) in [6.45, 7) is -0.262. The van der Waals surface area contributed by atoms with Crippen molar-refractivity contribution in [1.29, 1.82) is 0 Å². The molecule has 8 heteroatoms. The molecule has 1 N–H and O–H groups in total. The summed E-state index contributed by atoms with van der Waals surface area (Å²) in [5, 5.41) is 9.50. The average molecular weight is 391 g/mol. The molecule has 0 fully saturated rings. The third-order valence-corrected chi connectivity index (χ3v) is 6.85. The summed E-state index contributed by atoms with van der Waals surface area (Å²) in [5.41, 5.74) is 2.42. The molecule has 0 saturated heterocycles. The zero-order valence-electron chi connectivity index (χ0n) is 15.8. The molecule has 1 aromatic heterocycles. The molecule has 146 valence electrons. The number of hydrogen-bond acceptors (Lipinski definition) is 4. The second-order valence-electron chi connectivity index (χ2n) is 6.96. The highest BCUT2D eigenvalue weighted by molar-refractivity contribution is 7.89. The van der Waals surface area contributed by atoms with Crippen LogP contribution in [0.25, 0.3) is 0 Å². The molecule has 1 aliphatic rings. The summed E-state index contributed by atoms with van der Waals surface area (Å²) in [7, 11) is 1.03. The first-order valence-electron chi connectivity index (χ1n) is 8.86. The standard InChI is InChI=1S/C19H25N3O4S/c1-20(2)19(24)18-12-15(13-21(18)3)27(25,26)22(10-11-23)17-9-8-14-6-4-5-7-16(14)17/h4-7,12-13,17,23H,8-11H2,1-3H3. The number of nitrogens with zero attached hydrogens (tertiary/aromatic N) is 3. The Kier molecular flexibility index (Phi) is 5.41. The van der Waals surface area contributed by atoms with Crippen molar-refractivity contribution in [2.45, 2.75) is 23.8 Å². The van der Waals surface area contributed by atoms with Gasteiger partial charge in [0.15, 0.2) is 0 Å². The average Bonchev–Trinajstić information content (AvgIpc) is 3.23. The molecule has 1 aliphatic carbocycles. The van der Waals surface area contributed by atoms with Crippen LogP contribution in [-0.4, -0.2) is 60.5 Å². The predicted octanol–water partition coefficient (Wildman–Crippen LogP) is 1.40. The normalized spacial score (nSPS) is 16.6. The number of aliphatic hydroxyl groups is 1. The second kappa shape index (κ2) is 7.46. The summed E-state index contributed by atoms with van der Waals surface area (Å²) in [5.74, 6) is -0.265. The van der Waals surface area contributed by atoms with E-state index in [1.54, 1.807) is 21.1 Å². The number of benzene rings is 1. The minimum atomic E-state index is -3.87. The molecule has 1 atom stereocenters. The van der Waals surface area contributed by atoms with Gasteiger partial charge in [0, 0.05) is 33.9 Å². The van der Waals surface area contributed by atoms with Gasteiger partial charge in [-0.1, -0.05) is 24.3 Å². The fourth-order valence-corrected chi connectivity index (χ4v) is 5.33. The Balaban J connectivity index is 2.01. The lowest BCUT2D eigenvalue weighted by Crippen LogP contribution is -2.36. The van der Waals surface area contributed by atoms with Crippen LogP contribution in [0.15, 0.2) is 41.4 Å². The minimum Gasteiger partial charge on any atom is -0.395 e. The Hall–Kier alpha value is -2.16. The van der Waals surface area contributed by atoms with Crippen molar-refractivity contribution in [1.82, 2.24) is 13.8 Å². The Bertz CT molecular complexity index is 950. The topological polar surface area (TPSA) is 82.8 Å². The Morgan fingerprint density at radius 2 is 2.00 bits per heavy atom. The van der Waals surface area contributed by atoms with Crippen LogP contribution in [0.5, 0.6) is 0 Å². The fourth-order valence-electron chi connectivity index (χ4n) is 3.63. The quantitative estimate of drug-likeness (QED) is 0.807. The van der Waals surface area contributed by atoms with Crippen molar-refractivity contribution >= 4 is 15.9 Å². The predicted molar refractivity (Wildman–Crippen MR) is 102 cm³/mol. The molecular weight excluding hydrogens is 366 g/mol. The van der Waals surface area contributed by atoms with E-state index >= 15 is 0 Å². The van der Waals surface area contributed by atoms with E-state index in [-0.39, 0.29) is 30.0 Å². The highest BCUT2D eigenvalue weighted by atomic mass is 32.2. The smallest absolute Gasteiger partial charge is 0.269 e. The summed E-state index contributed by atoms with van der Waals surface area (Å²) < 4.78 is 29.6. The van der Waals surface area contributed by atoms with E-state index in [1.165, 1.54) is 26.0 Å². The van der Waals surface area contributed by atoms with E-state index in [2.05, 4.69) is 0 Å². The minimum absolute atomic E-state index is 0.00713. The zero-order valence-corrected chi connectivity index (χ0v) is 16.6. The highest BCUT2D eigenvalue weighted by Gasteiger charge is 2.36. The number of aromatic nitrogens is 1. The van der Waals surface area contributed by atoms with Gasteiger partial charge < -0.3 is 14.6 Å². The van der Waals surface area contributed by atoms with Crippen LogP contribution < -0.4 is 0 Å². The molecule has 3 rings (SSSR count). The summed E-state index contributed by atoms with van der Waals surface area (Å²) >= 11 is 0. The van der Waals surface area contributed by atoms with Crippen molar-refractivity contribution in [3.05, 3.63) is 53.3 Å². The lowest BCUT2D eigenvalue weighted by molar-refractivity contribution is 0.0818. The van der Waals surface area contributed by atoms with E-state index in [9.17, 15) is 18.3 Å². The zero-order chi connectivity index (χ0) is 19.8. The van der Waals surface area contributed by atoms with Gasteiger partial charge in [0.25, 0.3) is 5.91 Å². The van der Waals surface area contributed by atoms with Crippen LogP contribution in [0.2, 0.25) is 0 Å². The third kappa shape index (κ3) is 3.52. The summed E-state index contributed by atoms with van der Waals surface area (Å²) in [6, 6.07) is 8.89. The number of aliphatic hydroxyl groups excluding tert-OH is 1. The van der Waals surface area contributed by atoms with E-state index in [0.717, 1.165) is 17.5 Å². The number of hydrogen-bond donors (Lipinski definition) is 1. The van der Waals surface area contributed by atoms with Crippen LogP contribution in [0, 0.1) is 0 Å². The van der Waals surface area contributed by atoms with Gasteiger partial charge in [-0.2, -0.15) is 4.31 Å². The van der Waals surface area contributed by atoms with Gasteiger partial charge in [-0.25, -0.2) is 8.42 Å². The number of amides is 1. The molecule has 7 nitrogen and oxygen atoms in total. The van der Waals surface area contributed by atoms with Gasteiger partial charge >= 0.3 is 0 Å². The number of sulfonamides is 1. The van der Waals surface area contributed by atoms with Gasteiger partial charge in [-0.3, -0.25) is 4.79 Å². The van der Waals surface area contributed by atoms with Gasteiger partial charge in [0.1, 0.15) is 10.6 Å².